The number of nitrogen functional groups attached to an aromatic ring is 1. The average molecular weight is 246 g/mol. The minimum absolute atomic E-state index is 0.318. The van der Waals surface area contributed by atoms with Crippen molar-refractivity contribution in [1.82, 2.24) is 15.2 Å². The molecule has 0 amide bonds. The van der Waals surface area contributed by atoms with Crippen molar-refractivity contribution < 1.29 is 9.53 Å². The van der Waals surface area contributed by atoms with Crippen LogP contribution >= 0.6 is 0 Å². The fraction of sp³-hybridized carbons (Fsp3) is 0.417. The monoisotopic (exact) mass is 246 g/mol. The van der Waals surface area contributed by atoms with Gasteiger partial charge in [0.25, 0.3) is 0 Å². The lowest BCUT2D eigenvalue weighted by Crippen LogP contribution is -2.11. The Kier molecular flexibility index (Phi) is 2.43. The number of carbonyl (C=O) groups excluding carboxylic acids is 1. The van der Waals surface area contributed by atoms with E-state index in [0.717, 1.165) is 18.5 Å². The van der Waals surface area contributed by atoms with Gasteiger partial charge in [-0.1, -0.05) is 0 Å². The highest BCUT2D eigenvalue weighted by Gasteiger charge is 2.31. The summed E-state index contributed by atoms with van der Waals surface area (Å²) >= 11 is 0. The van der Waals surface area contributed by atoms with E-state index in [-0.39, 0.29) is 0 Å². The van der Waals surface area contributed by atoms with Crippen molar-refractivity contribution in [2.24, 2.45) is 0 Å². The lowest BCUT2D eigenvalue weighted by Gasteiger charge is -2.10. The van der Waals surface area contributed by atoms with Gasteiger partial charge in [-0.3, -0.25) is 5.10 Å². The summed E-state index contributed by atoms with van der Waals surface area (Å²) in [5.74, 6) is -0.0448. The molecule has 0 radical (unpaired) electrons. The first-order chi connectivity index (χ1) is 8.72. The van der Waals surface area contributed by atoms with Crippen molar-refractivity contribution in [2.45, 2.75) is 25.7 Å². The van der Waals surface area contributed by atoms with Crippen LogP contribution in [0.25, 0.3) is 11.0 Å². The maximum absolute atomic E-state index is 12.0. The Labute approximate surface area is 104 Å². The number of nitrogens with two attached hydrogens (primary N) is 1. The molecule has 1 fully saturated rings. The molecule has 0 saturated heterocycles. The molecular weight excluding hydrogens is 232 g/mol. The fourth-order valence-electron chi connectivity index (χ4n) is 2.09. The van der Waals surface area contributed by atoms with E-state index >= 15 is 0 Å². The molecule has 0 unspecified atom stereocenters. The number of aromatic nitrogens is 3. The number of rotatable bonds is 3. The molecular formula is C12H14N4O2. The van der Waals surface area contributed by atoms with Gasteiger partial charge >= 0.3 is 5.97 Å². The van der Waals surface area contributed by atoms with Crippen molar-refractivity contribution >= 4 is 22.7 Å². The van der Waals surface area contributed by atoms with E-state index in [0.29, 0.717) is 34.8 Å². The minimum Gasteiger partial charge on any atom is -0.462 e. The van der Waals surface area contributed by atoms with Crippen LogP contribution in [0, 0.1) is 0 Å². The lowest BCUT2D eigenvalue weighted by atomic mass is 10.1. The van der Waals surface area contributed by atoms with E-state index < -0.39 is 5.97 Å². The van der Waals surface area contributed by atoms with Crippen LogP contribution in [0.2, 0.25) is 0 Å². The van der Waals surface area contributed by atoms with E-state index in [4.69, 9.17) is 10.5 Å². The summed E-state index contributed by atoms with van der Waals surface area (Å²) in [6.07, 6.45) is 3.69. The number of esters is 1. The summed E-state index contributed by atoms with van der Waals surface area (Å²) in [5, 5.41) is 7.32. The second kappa shape index (κ2) is 3.97. The zero-order chi connectivity index (χ0) is 12.7. The van der Waals surface area contributed by atoms with Gasteiger partial charge in [0.1, 0.15) is 0 Å². The van der Waals surface area contributed by atoms with Gasteiger partial charge in [0.05, 0.1) is 35.1 Å². The summed E-state index contributed by atoms with van der Waals surface area (Å²) in [6.45, 7) is 2.09. The smallest absolute Gasteiger partial charge is 0.341 e. The molecule has 0 aromatic carbocycles. The Balaban J connectivity index is 2.22. The molecule has 0 atom stereocenters. The zero-order valence-corrected chi connectivity index (χ0v) is 10.1. The van der Waals surface area contributed by atoms with E-state index in [1.165, 1.54) is 0 Å². The number of ether oxygens (including phenoxy) is 1. The first-order valence-corrected chi connectivity index (χ1v) is 6.02. The Morgan fingerprint density at radius 1 is 1.61 bits per heavy atom. The van der Waals surface area contributed by atoms with Gasteiger partial charge in [-0.05, 0) is 19.8 Å². The fourth-order valence-corrected chi connectivity index (χ4v) is 2.09. The number of aromatic amines is 1. The van der Waals surface area contributed by atoms with E-state index in [1.807, 2.05) is 0 Å². The van der Waals surface area contributed by atoms with Gasteiger partial charge in [0, 0.05) is 5.92 Å². The highest BCUT2D eigenvalue weighted by molar-refractivity contribution is 6.07. The van der Waals surface area contributed by atoms with Crippen LogP contribution < -0.4 is 5.73 Å². The number of nitrogens with zero attached hydrogens (tertiary/aromatic N) is 2. The number of H-pyrrole nitrogens is 1. The van der Waals surface area contributed by atoms with Crippen molar-refractivity contribution in [2.75, 3.05) is 12.3 Å². The molecule has 18 heavy (non-hydrogen) atoms. The molecule has 0 bridgehead atoms. The standard InChI is InChI=1S/C12H14N4O2/c1-2-18-12(17)8-7-5-14-16-11(7)15-10(9(8)13)6-3-4-6/h5-6H,2-4,13H2,1H3,(H,14,15,16). The summed E-state index contributed by atoms with van der Waals surface area (Å²) < 4.78 is 5.05. The summed E-state index contributed by atoms with van der Waals surface area (Å²) in [4.78, 5) is 16.5. The van der Waals surface area contributed by atoms with Crippen molar-refractivity contribution in [1.29, 1.82) is 0 Å². The van der Waals surface area contributed by atoms with Crippen molar-refractivity contribution in [3.8, 4) is 0 Å². The van der Waals surface area contributed by atoms with Crippen LogP contribution in [0.15, 0.2) is 6.20 Å². The second-order valence-corrected chi connectivity index (χ2v) is 4.41. The second-order valence-electron chi connectivity index (χ2n) is 4.41. The summed E-state index contributed by atoms with van der Waals surface area (Å²) in [6, 6.07) is 0. The highest BCUT2D eigenvalue weighted by Crippen LogP contribution is 2.43. The molecule has 94 valence electrons. The van der Waals surface area contributed by atoms with Gasteiger partial charge in [0.2, 0.25) is 0 Å². The predicted octanol–water partition coefficient (Wildman–Crippen LogP) is 1.59. The maximum atomic E-state index is 12.0. The number of carbonyl (C=O) groups is 1. The molecule has 1 aliphatic rings. The molecule has 3 N–H and O–H groups in total. The van der Waals surface area contributed by atoms with Gasteiger partial charge < -0.3 is 10.5 Å². The van der Waals surface area contributed by atoms with Crippen LogP contribution in [-0.2, 0) is 4.74 Å². The number of fused-ring (bicyclic) bond motifs is 1. The van der Waals surface area contributed by atoms with E-state index in [1.54, 1.807) is 13.1 Å². The lowest BCUT2D eigenvalue weighted by molar-refractivity contribution is 0.0529. The topological polar surface area (TPSA) is 93.9 Å². The van der Waals surface area contributed by atoms with E-state index in [9.17, 15) is 4.79 Å². The molecule has 2 aromatic heterocycles. The molecule has 0 aliphatic heterocycles. The number of pyridine rings is 1. The third-order valence-corrected chi connectivity index (χ3v) is 3.11. The molecule has 6 heteroatoms. The number of hydrogen-bond donors (Lipinski definition) is 2. The Bertz CT molecular complexity index is 616. The van der Waals surface area contributed by atoms with Crippen molar-refractivity contribution in [3.05, 3.63) is 17.5 Å². The van der Waals surface area contributed by atoms with Crippen LogP contribution in [0.1, 0.15) is 41.7 Å². The highest BCUT2D eigenvalue weighted by atomic mass is 16.5. The number of anilines is 1. The zero-order valence-electron chi connectivity index (χ0n) is 10.1. The van der Waals surface area contributed by atoms with E-state index in [2.05, 4.69) is 15.2 Å². The average Bonchev–Trinajstić information content (AvgIpc) is 3.08. The first-order valence-electron chi connectivity index (χ1n) is 6.02. The Morgan fingerprint density at radius 2 is 2.39 bits per heavy atom. The summed E-state index contributed by atoms with van der Waals surface area (Å²) in [5.41, 5.74) is 8.28. The quantitative estimate of drug-likeness (QED) is 0.802. The number of hydrogen-bond acceptors (Lipinski definition) is 5. The molecule has 0 spiro atoms. The number of nitrogens with one attached hydrogen (secondary N) is 1. The van der Waals surface area contributed by atoms with Crippen molar-refractivity contribution in [3.63, 3.8) is 0 Å². The van der Waals surface area contributed by atoms with Crippen LogP contribution in [-0.4, -0.2) is 27.8 Å². The SMILES string of the molecule is CCOC(=O)c1c(N)c(C2CC2)nc2[nH]ncc12. The molecule has 1 saturated carbocycles. The van der Waals surface area contributed by atoms with Gasteiger partial charge in [-0.15, -0.1) is 0 Å². The molecule has 3 rings (SSSR count). The minimum atomic E-state index is -0.411. The molecule has 2 aromatic rings. The Morgan fingerprint density at radius 3 is 3.06 bits per heavy atom. The summed E-state index contributed by atoms with van der Waals surface area (Å²) in [7, 11) is 0. The molecule has 6 nitrogen and oxygen atoms in total. The normalized spacial score (nSPS) is 14.9. The largest absolute Gasteiger partial charge is 0.462 e. The predicted molar refractivity (Wildman–Crippen MR) is 66.2 cm³/mol. The van der Waals surface area contributed by atoms with Crippen LogP contribution in [0.5, 0.6) is 0 Å². The van der Waals surface area contributed by atoms with Gasteiger partial charge in [-0.25, -0.2) is 9.78 Å². The van der Waals surface area contributed by atoms with Crippen LogP contribution in [0.3, 0.4) is 0 Å². The first kappa shape index (κ1) is 11.0. The van der Waals surface area contributed by atoms with Crippen LogP contribution in [0.4, 0.5) is 5.69 Å². The van der Waals surface area contributed by atoms with Gasteiger partial charge in [-0.2, -0.15) is 5.10 Å². The molecule has 1 aliphatic carbocycles. The Hall–Kier alpha value is -2.11. The van der Waals surface area contributed by atoms with Gasteiger partial charge in [0.15, 0.2) is 5.65 Å². The third-order valence-electron chi connectivity index (χ3n) is 3.11. The maximum Gasteiger partial charge on any atom is 0.341 e. The third kappa shape index (κ3) is 1.61. The molecule has 2 heterocycles.